The molecule has 1 saturated carbocycles. The molecular formula is C14H17N3O2. The monoisotopic (exact) mass is 259 g/mol. The quantitative estimate of drug-likeness (QED) is 0.776. The van der Waals surface area contributed by atoms with Crippen LogP contribution >= 0.6 is 0 Å². The molecule has 1 aromatic carbocycles. The number of carbonyl (C=O) groups excluding carboxylic acids is 1. The summed E-state index contributed by atoms with van der Waals surface area (Å²) in [4.78, 5) is 11.9. The van der Waals surface area contributed by atoms with Crippen LogP contribution in [0.3, 0.4) is 0 Å². The maximum atomic E-state index is 11.9. The molecule has 1 fully saturated rings. The highest BCUT2D eigenvalue weighted by atomic mass is 16.3. The van der Waals surface area contributed by atoms with Gasteiger partial charge in [-0.1, -0.05) is 12.8 Å². The van der Waals surface area contributed by atoms with Crippen LogP contribution in [0.1, 0.15) is 31.2 Å². The first-order valence-corrected chi connectivity index (χ1v) is 6.38. The average Bonchev–Trinajstić information content (AvgIpc) is 2.88. The zero-order chi connectivity index (χ0) is 13.7. The molecule has 0 aromatic heterocycles. The molecule has 5 nitrogen and oxygen atoms in total. The maximum Gasteiger partial charge on any atom is 0.319 e. The molecule has 0 heterocycles. The van der Waals surface area contributed by atoms with Crippen molar-refractivity contribution >= 4 is 11.7 Å². The Morgan fingerprint density at radius 2 is 1.95 bits per heavy atom. The number of rotatable bonds is 3. The predicted molar refractivity (Wildman–Crippen MR) is 71.6 cm³/mol. The highest BCUT2D eigenvalue weighted by molar-refractivity contribution is 5.89. The van der Waals surface area contributed by atoms with E-state index in [-0.39, 0.29) is 12.6 Å². The SMILES string of the molecule is N#Cc1ccc(NC(=O)NC2(CO)CCCC2)cc1. The number of urea groups is 1. The minimum absolute atomic E-state index is 0.0339. The zero-order valence-electron chi connectivity index (χ0n) is 10.6. The number of aliphatic hydroxyl groups is 1. The lowest BCUT2D eigenvalue weighted by Crippen LogP contribution is -2.50. The third-order valence-electron chi connectivity index (χ3n) is 3.51. The van der Waals surface area contributed by atoms with E-state index in [2.05, 4.69) is 10.6 Å². The van der Waals surface area contributed by atoms with Crippen molar-refractivity contribution in [2.24, 2.45) is 0 Å². The fraction of sp³-hybridized carbons (Fsp3) is 0.429. The Morgan fingerprint density at radius 3 is 2.47 bits per heavy atom. The van der Waals surface area contributed by atoms with Gasteiger partial charge in [-0.3, -0.25) is 0 Å². The van der Waals surface area contributed by atoms with Crippen molar-refractivity contribution in [3.63, 3.8) is 0 Å². The summed E-state index contributed by atoms with van der Waals surface area (Å²) in [5, 5.41) is 23.7. The van der Waals surface area contributed by atoms with Gasteiger partial charge in [0.2, 0.25) is 0 Å². The van der Waals surface area contributed by atoms with Crippen LogP contribution in [0.15, 0.2) is 24.3 Å². The number of hydrogen-bond acceptors (Lipinski definition) is 3. The van der Waals surface area contributed by atoms with E-state index in [1.807, 2.05) is 6.07 Å². The van der Waals surface area contributed by atoms with Gasteiger partial charge in [0.1, 0.15) is 0 Å². The molecule has 0 saturated heterocycles. The second-order valence-corrected chi connectivity index (χ2v) is 4.91. The number of benzene rings is 1. The lowest BCUT2D eigenvalue weighted by molar-refractivity contribution is 0.167. The summed E-state index contributed by atoms with van der Waals surface area (Å²) in [7, 11) is 0. The summed E-state index contributed by atoms with van der Waals surface area (Å²) >= 11 is 0. The maximum absolute atomic E-state index is 11.9. The molecule has 0 aliphatic heterocycles. The van der Waals surface area contributed by atoms with E-state index in [9.17, 15) is 9.90 Å². The molecule has 5 heteroatoms. The van der Waals surface area contributed by atoms with Gasteiger partial charge >= 0.3 is 6.03 Å². The third kappa shape index (κ3) is 3.24. The molecule has 0 spiro atoms. The topological polar surface area (TPSA) is 85.2 Å². The smallest absolute Gasteiger partial charge is 0.319 e. The van der Waals surface area contributed by atoms with E-state index in [4.69, 9.17) is 5.26 Å². The van der Waals surface area contributed by atoms with Crippen molar-refractivity contribution in [3.8, 4) is 6.07 Å². The molecule has 1 aliphatic rings. The molecule has 19 heavy (non-hydrogen) atoms. The molecule has 0 radical (unpaired) electrons. The van der Waals surface area contributed by atoms with Crippen LogP contribution in [0.25, 0.3) is 0 Å². The minimum Gasteiger partial charge on any atom is -0.394 e. The summed E-state index contributed by atoms with van der Waals surface area (Å²) in [6.45, 7) is -0.0339. The molecule has 1 aliphatic carbocycles. The van der Waals surface area contributed by atoms with E-state index in [1.165, 1.54) is 0 Å². The van der Waals surface area contributed by atoms with Crippen LogP contribution in [-0.2, 0) is 0 Å². The molecule has 0 atom stereocenters. The van der Waals surface area contributed by atoms with E-state index in [1.54, 1.807) is 24.3 Å². The number of aliphatic hydroxyl groups excluding tert-OH is 1. The largest absolute Gasteiger partial charge is 0.394 e. The summed E-state index contributed by atoms with van der Waals surface area (Å²) in [6.07, 6.45) is 3.67. The van der Waals surface area contributed by atoms with Gasteiger partial charge in [0.15, 0.2) is 0 Å². The van der Waals surface area contributed by atoms with Crippen molar-refractivity contribution < 1.29 is 9.90 Å². The molecule has 2 rings (SSSR count). The number of anilines is 1. The summed E-state index contributed by atoms with van der Waals surface area (Å²) in [5.41, 5.74) is 0.701. The van der Waals surface area contributed by atoms with Gasteiger partial charge in [-0.05, 0) is 37.1 Å². The summed E-state index contributed by atoms with van der Waals surface area (Å²) < 4.78 is 0. The zero-order valence-corrected chi connectivity index (χ0v) is 10.6. The van der Waals surface area contributed by atoms with Crippen LogP contribution in [0, 0.1) is 11.3 Å². The molecule has 100 valence electrons. The Hall–Kier alpha value is -2.06. The van der Waals surface area contributed by atoms with E-state index in [0.29, 0.717) is 11.3 Å². The fourth-order valence-corrected chi connectivity index (χ4v) is 2.41. The van der Waals surface area contributed by atoms with Gasteiger partial charge in [0.05, 0.1) is 23.8 Å². The molecule has 1 aromatic rings. The Kier molecular flexibility index (Phi) is 4.03. The van der Waals surface area contributed by atoms with Crippen LogP contribution in [0.4, 0.5) is 10.5 Å². The van der Waals surface area contributed by atoms with Crippen LogP contribution in [-0.4, -0.2) is 23.3 Å². The van der Waals surface area contributed by atoms with Crippen molar-refractivity contribution in [2.45, 2.75) is 31.2 Å². The number of nitrogens with zero attached hydrogens (tertiary/aromatic N) is 1. The summed E-state index contributed by atoms with van der Waals surface area (Å²) in [5.74, 6) is 0. The van der Waals surface area contributed by atoms with Crippen LogP contribution in [0.5, 0.6) is 0 Å². The van der Waals surface area contributed by atoms with Crippen LogP contribution in [0.2, 0.25) is 0 Å². The highest BCUT2D eigenvalue weighted by Gasteiger charge is 2.34. The first-order chi connectivity index (χ1) is 9.17. The fourth-order valence-electron chi connectivity index (χ4n) is 2.41. The highest BCUT2D eigenvalue weighted by Crippen LogP contribution is 2.29. The van der Waals surface area contributed by atoms with Gasteiger partial charge in [0.25, 0.3) is 0 Å². The number of nitrogens with one attached hydrogen (secondary N) is 2. The standard InChI is InChI=1S/C14H17N3O2/c15-9-11-3-5-12(6-4-11)16-13(19)17-14(10-18)7-1-2-8-14/h3-6,18H,1-2,7-8,10H2,(H2,16,17,19). The van der Waals surface area contributed by atoms with Gasteiger partial charge in [-0.25, -0.2) is 4.79 Å². The number of carbonyl (C=O) groups is 1. The van der Waals surface area contributed by atoms with Crippen molar-refractivity contribution in [1.29, 1.82) is 5.26 Å². The van der Waals surface area contributed by atoms with Gasteiger partial charge in [0, 0.05) is 5.69 Å². The lowest BCUT2D eigenvalue weighted by Gasteiger charge is -2.27. The Labute approximate surface area is 112 Å². The third-order valence-corrected chi connectivity index (χ3v) is 3.51. The Balaban J connectivity index is 1.95. The summed E-state index contributed by atoms with van der Waals surface area (Å²) in [6, 6.07) is 8.35. The number of nitriles is 1. The van der Waals surface area contributed by atoms with Gasteiger partial charge in [-0.15, -0.1) is 0 Å². The molecule has 0 bridgehead atoms. The van der Waals surface area contributed by atoms with Crippen molar-refractivity contribution in [1.82, 2.24) is 5.32 Å². The van der Waals surface area contributed by atoms with E-state index < -0.39 is 5.54 Å². The number of amides is 2. The first-order valence-electron chi connectivity index (χ1n) is 6.38. The minimum atomic E-state index is -0.476. The molecule has 0 unspecified atom stereocenters. The van der Waals surface area contributed by atoms with Gasteiger partial charge < -0.3 is 15.7 Å². The predicted octanol–water partition coefficient (Wildman–Crippen LogP) is 1.98. The molecular weight excluding hydrogens is 242 g/mol. The lowest BCUT2D eigenvalue weighted by atomic mass is 9.99. The van der Waals surface area contributed by atoms with Gasteiger partial charge in [-0.2, -0.15) is 5.26 Å². The normalized spacial score (nSPS) is 16.6. The Morgan fingerprint density at radius 1 is 1.32 bits per heavy atom. The second kappa shape index (κ2) is 5.72. The molecule has 3 N–H and O–H groups in total. The number of hydrogen-bond donors (Lipinski definition) is 3. The van der Waals surface area contributed by atoms with Crippen LogP contribution < -0.4 is 10.6 Å². The van der Waals surface area contributed by atoms with Crippen molar-refractivity contribution in [2.75, 3.05) is 11.9 Å². The average molecular weight is 259 g/mol. The second-order valence-electron chi connectivity index (χ2n) is 4.91. The van der Waals surface area contributed by atoms with E-state index >= 15 is 0 Å². The Bertz CT molecular complexity index is 484. The van der Waals surface area contributed by atoms with E-state index in [0.717, 1.165) is 25.7 Å². The first kappa shape index (κ1) is 13.4. The van der Waals surface area contributed by atoms with Crippen molar-refractivity contribution in [3.05, 3.63) is 29.8 Å². The molecule has 2 amide bonds.